The zero-order valence-electron chi connectivity index (χ0n) is 24.4. The zero-order valence-corrected chi connectivity index (χ0v) is 25.2. The van der Waals surface area contributed by atoms with Gasteiger partial charge in [0.2, 0.25) is 0 Å². The van der Waals surface area contributed by atoms with Crippen molar-refractivity contribution in [2.75, 3.05) is 37.6 Å². The van der Waals surface area contributed by atoms with Crippen LogP contribution in [0.2, 0.25) is 0 Å². The van der Waals surface area contributed by atoms with Crippen molar-refractivity contribution < 1.29 is 27.8 Å². The second-order valence-corrected chi connectivity index (χ2v) is 12.6. The highest BCUT2D eigenvalue weighted by atomic mass is 32.2. The van der Waals surface area contributed by atoms with Crippen LogP contribution in [0, 0.1) is 10.8 Å². The van der Waals surface area contributed by atoms with Crippen molar-refractivity contribution in [2.45, 2.75) is 36.8 Å². The lowest BCUT2D eigenvalue weighted by atomic mass is 9.99. The Morgan fingerprint density at radius 3 is 2.23 bits per heavy atom. The number of sulfonamides is 1. The van der Waals surface area contributed by atoms with Gasteiger partial charge >= 0.3 is 5.97 Å². The molecular formula is C31H36N6O6S. The van der Waals surface area contributed by atoms with Crippen LogP contribution in [0.1, 0.15) is 29.5 Å². The molecule has 0 atom stereocenters. The number of likely N-dealkylation sites (tertiary alicyclic amines) is 1. The zero-order chi connectivity index (χ0) is 31.4. The summed E-state index contributed by atoms with van der Waals surface area (Å²) in [6.07, 6.45) is 1.95. The van der Waals surface area contributed by atoms with Gasteiger partial charge in [-0.15, -0.1) is 0 Å². The summed E-state index contributed by atoms with van der Waals surface area (Å²) in [7, 11) is -2.62. The van der Waals surface area contributed by atoms with E-state index >= 15 is 0 Å². The van der Waals surface area contributed by atoms with Gasteiger partial charge in [0.05, 0.1) is 17.7 Å². The number of guanidine groups is 1. The summed E-state index contributed by atoms with van der Waals surface area (Å²) in [6, 6.07) is 18.5. The van der Waals surface area contributed by atoms with Crippen molar-refractivity contribution in [3.8, 4) is 11.5 Å². The number of ether oxygens (including phenoxy) is 2. The van der Waals surface area contributed by atoms with Crippen molar-refractivity contribution in [1.29, 1.82) is 10.8 Å². The molecule has 1 fully saturated rings. The maximum atomic E-state index is 13.7. The van der Waals surface area contributed by atoms with E-state index in [4.69, 9.17) is 26.0 Å². The third-order valence-corrected chi connectivity index (χ3v) is 9.73. The molecule has 232 valence electrons. The molecule has 0 aromatic heterocycles. The molecule has 3 aromatic rings. The SMILES string of the molecule is COc1ccc(C(=N)N2CCC(Oc3ccc(S(=O)(=O)N(CC(=O)O)c4ccc5c(c4)CN(C(=N)N)CC5)cc3)CC2)cc1. The molecule has 5 N–H and O–H groups in total. The highest BCUT2D eigenvalue weighted by molar-refractivity contribution is 7.92. The summed E-state index contributed by atoms with van der Waals surface area (Å²) < 4.78 is 39.6. The van der Waals surface area contributed by atoms with Crippen molar-refractivity contribution in [3.05, 3.63) is 83.4 Å². The number of hydrogen-bond acceptors (Lipinski definition) is 7. The smallest absolute Gasteiger partial charge is 0.324 e. The lowest BCUT2D eigenvalue weighted by Crippen LogP contribution is -2.41. The van der Waals surface area contributed by atoms with E-state index in [9.17, 15) is 18.3 Å². The first kappa shape index (κ1) is 30.7. The van der Waals surface area contributed by atoms with E-state index in [2.05, 4.69) is 0 Å². The number of rotatable bonds is 9. The normalized spacial score (nSPS) is 15.3. The Morgan fingerprint density at radius 1 is 0.955 bits per heavy atom. The van der Waals surface area contributed by atoms with Crippen LogP contribution in [0.4, 0.5) is 5.69 Å². The monoisotopic (exact) mass is 620 g/mol. The minimum absolute atomic E-state index is 0.0584. The van der Waals surface area contributed by atoms with E-state index in [-0.39, 0.29) is 22.6 Å². The van der Waals surface area contributed by atoms with E-state index < -0.39 is 22.5 Å². The first-order valence-electron chi connectivity index (χ1n) is 14.2. The number of nitrogens with one attached hydrogen (secondary N) is 2. The lowest BCUT2D eigenvalue weighted by Gasteiger charge is -2.34. The van der Waals surface area contributed by atoms with Gasteiger partial charge in [0.25, 0.3) is 10.0 Å². The molecule has 44 heavy (non-hydrogen) atoms. The Balaban J connectivity index is 1.25. The topological polar surface area (TPSA) is 173 Å². The Bertz CT molecular complexity index is 1640. The predicted molar refractivity (Wildman–Crippen MR) is 166 cm³/mol. The number of amidine groups is 1. The van der Waals surface area contributed by atoms with Crippen LogP contribution in [0.5, 0.6) is 11.5 Å². The summed E-state index contributed by atoms with van der Waals surface area (Å²) >= 11 is 0. The fraction of sp³-hybridized carbons (Fsp3) is 0.323. The Kier molecular flexibility index (Phi) is 8.95. The van der Waals surface area contributed by atoms with Crippen LogP contribution in [0.25, 0.3) is 0 Å². The van der Waals surface area contributed by atoms with E-state index in [1.807, 2.05) is 29.2 Å². The Labute approximate surface area is 256 Å². The van der Waals surface area contributed by atoms with Crippen LogP contribution in [-0.4, -0.2) is 80.5 Å². The molecule has 2 heterocycles. The first-order chi connectivity index (χ1) is 21.0. The van der Waals surface area contributed by atoms with Crippen molar-refractivity contribution in [1.82, 2.24) is 9.80 Å². The van der Waals surface area contributed by atoms with Crippen molar-refractivity contribution in [2.24, 2.45) is 5.73 Å². The standard InChI is InChI=1S/C31H36N6O6S/c1-42-25-6-3-22(4-7-25)30(32)35-16-13-27(14-17-35)43-26-8-10-28(11-9-26)44(40,41)37(20-29(38)39)24-5-2-21-12-15-36(31(33)34)19-23(21)18-24/h2-11,18,27,32H,12-17,19-20H2,1H3,(H3,33,34)(H,38,39). The largest absolute Gasteiger partial charge is 0.497 e. The number of aliphatic carboxylic acids is 1. The molecule has 0 aliphatic carbocycles. The number of nitrogens with two attached hydrogens (primary N) is 1. The van der Waals surface area contributed by atoms with Gasteiger partial charge in [0.1, 0.15) is 30.0 Å². The molecule has 0 radical (unpaired) electrons. The van der Waals surface area contributed by atoms with Gasteiger partial charge in [0.15, 0.2) is 5.96 Å². The number of piperidine rings is 1. The molecule has 0 spiro atoms. The number of carboxylic acids is 1. The molecule has 0 saturated carbocycles. The third kappa shape index (κ3) is 6.72. The predicted octanol–water partition coefficient (Wildman–Crippen LogP) is 3.10. The van der Waals surface area contributed by atoms with Gasteiger partial charge in [-0.3, -0.25) is 19.9 Å². The number of carboxylic acid groups (broad SMARTS) is 1. The maximum Gasteiger partial charge on any atom is 0.324 e. The lowest BCUT2D eigenvalue weighted by molar-refractivity contribution is -0.135. The molecule has 2 aliphatic heterocycles. The number of anilines is 1. The van der Waals surface area contributed by atoms with Gasteiger partial charge < -0.3 is 30.1 Å². The van der Waals surface area contributed by atoms with Crippen LogP contribution in [0.15, 0.2) is 71.6 Å². The Hall–Kier alpha value is -4.78. The average molecular weight is 621 g/mol. The highest BCUT2D eigenvalue weighted by Crippen LogP contribution is 2.30. The minimum atomic E-state index is -4.22. The second-order valence-electron chi connectivity index (χ2n) is 10.8. The molecule has 3 aromatic carbocycles. The number of benzene rings is 3. The summed E-state index contributed by atoms with van der Waals surface area (Å²) in [5.74, 6) is 0.333. The number of fused-ring (bicyclic) bond motifs is 1. The van der Waals surface area contributed by atoms with Crippen molar-refractivity contribution >= 4 is 33.5 Å². The van der Waals surface area contributed by atoms with Gasteiger partial charge in [-0.05, 0) is 78.2 Å². The summed E-state index contributed by atoms with van der Waals surface area (Å²) in [4.78, 5) is 15.4. The number of methoxy groups -OCH3 is 1. The van der Waals surface area contributed by atoms with Crippen LogP contribution in [-0.2, 0) is 27.8 Å². The minimum Gasteiger partial charge on any atom is -0.497 e. The summed E-state index contributed by atoms with van der Waals surface area (Å²) in [5.41, 5.74) is 8.49. The third-order valence-electron chi connectivity index (χ3n) is 7.95. The maximum absolute atomic E-state index is 13.7. The van der Waals surface area contributed by atoms with Crippen LogP contribution >= 0.6 is 0 Å². The average Bonchev–Trinajstić information content (AvgIpc) is 3.03. The van der Waals surface area contributed by atoms with E-state index in [0.29, 0.717) is 57.0 Å². The molecule has 0 amide bonds. The van der Waals surface area contributed by atoms with E-state index in [0.717, 1.165) is 26.7 Å². The van der Waals surface area contributed by atoms with Gasteiger partial charge in [-0.1, -0.05) is 6.07 Å². The summed E-state index contributed by atoms with van der Waals surface area (Å²) in [6.45, 7) is 1.47. The fourth-order valence-corrected chi connectivity index (χ4v) is 6.89. The molecular weight excluding hydrogens is 584 g/mol. The molecule has 13 heteroatoms. The number of carbonyl (C=O) groups is 1. The van der Waals surface area contributed by atoms with Gasteiger partial charge in [-0.2, -0.15) is 0 Å². The molecule has 0 bridgehead atoms. The van der Waals surface area contributed by atoms with Crippen LogP contribution in [0.3, 0.4) is 0 Å². The molecule has 0 unspecified atom stereocenters. The van der Waals surface area contributed by atoms with E-state index in [1.54, 1.807) is 42.3 Å². The molecule has 12 nitrogen and oxygen atoms in total. The van der Waals surface area contributed by atoms with Crippen LogP contribution < -0.4 is 19.5 Å². The quantitative estimate of drug-likeness (QED) is 0.207. The Morgan fingerprint density at radius 2 is 1.61 bits per heavy atom. The first-order valence-corrected chi connectivity index (χ1v) is 15.7. The van der Waals surface area contributed by atoms with Gasteiger partial charge in [-0.25, -0.2) is 8.42 Å². The summed E-state index contributed by atoms with van der Waals surface area (Å²) in [5, 5.41) is 25.9. The fourth-order valence-electron chi connectivity index (χ4n) is 5.48. The highest BCUT2D eigenvalue weighted by Gasteiger charge is 2.29. The number of hydrogen-bond donors (Lipinski definition) is 4. The van der Waals surface area contributed by atoms with E-state index in [1.165, 1.54) is 12.1 Å². The van der Waals surface area contributed by atoms with Gasteiger partial charge in [0, 0.05) is 44.6 Å². The molecule has 2 aliphatic rings. The number of nitrogens with zero attached hydrogens (tertiary/aromatic N) is 3. The molecule has 5 rings (SSSR count). The molecule has 1 saturated heterocycles. The second kappa shape index (κ2) is 12.8. The van der Waals surface area contributed by atoms with Crippen molar-refractivity contribution in [3.63, 3.8) is 0 Å².